The molecule has 5 heteroatoms. The van der Waals surface area contributed by atoms with Crippen molar-refractivity contribution in [3.63, 3.8) is 0 Å². The zero-order valence-electron chi connectivity index (χ0n) is 9.50. The Morgan fingerprint density at radius 3 is 2.72 bits per heavy atom. The summed E-state index contributed by atoms with van der Waals surface area (Å²) in [5.41, 5.74) is 0.527. The molecular formula is C13H11NO4. The second-order valence-electron chi connectivity index (χ2n) is 3.70. The Morgan fingerprint density at radius 1 is 1.33 bits per heavy atom. The summed E-state index contributed by atoms with van der Waals surface area (Å²) in [7, 11) is 0. The number of hydrogen-bond acceptors (Lipinski definition) is 4. The van der Waals surface area contributed by atoms with E-state index in [4.69, 9.17) is 9.84 Å². The minimum Gasteiger partial charge on any atom is -0.483 e. The molecule has 0 saturated carbocycles. The van der Waals surface area contributed by atoms with Crippen LogP contribution >= 0.6 is 0 Å². The summed E-state index contributed by atoms with van der Waals surface area (Å²) in [4.78, 5) is 26.2. The number of allylic oxidation sites excluding steroid dienone is 1. The number of rotatable bonds is 4. The number of hydrogen-bond donors (Lipinski definition) is 1. The van der Waals surface area contributed by atoms with Crippen LogP contribution in [0.1, 0.15) is 12.0 Å². The summed E-state index contributed by atoms with van der Waals surface area (Å²) >= 11 is 0. The third kappa shape index (κ3) is 2.63. The van der Waals surface area contributed by atoms with Crippen molar-refractivity contribution in [3.05, 3.63) is 47.4 Å². The maximum atomic E-state index is 11.6. The van der Waals surface area contributed by atoms with Gasteiger partial charge in [-0.25, -0.2) is 9.79 Å². The lowest BCUT2D eigenvalue weighted by Gasteiger charge is -2.13. The zero-order chi connectivity index (χ0) is 13.0. The van der Waals surface area contributed by atoms with E-state index < -0.39 is 5.97 Å². The van der Waals surface area contributed by atoms with E-state index >= 15 is 0 Å². The first-order chi connectivity index (χ1) is 8.68. The average Bonchev–Trinajstić information content (AvgIpc) is 2.38. The minimum atomic E-state index is -1.26. The Kier molecular flexibility index (Phi) is 3.52. The van der Waals surface area contributed by atoms with Gasteiger partial charge in [0.2, 0.25) is 5.78 Å². The predicted molar refractivity (Wildman–Crippen MR) is 64.0 cm³/mol. The molecule has 0 fully saturated rings. The molecule has 0 spiro atoms. The Labute approximate surface area is 103 Å². The number of carbonyl (C=O) groups is 2. The van der Waals surface area contributed by atoms with Crippen molar-refractivity contribution < 1.29 is 19.4 Å². The lowest BCUT2D eigenvalue weighted by Crippen LogP contribution is -2.17. The van der Waals surface area contributed by atoms with E-state index in [0.717, 1.165) is 5.56 Å². The van der Waals surface area contributed by atoms with E-state index in [-0.39, 0.29) is 30.3 Å². The summed E-state index contributed by atoms with van der Waals surface area (Å²) in [6, 6.07) is 9.20. The van der Waals surface area contributed by atoms with E-state index in [2.05, 4.69) is 4.99 Å². The fourth-order valence-electron chi connectivity index (χ4n) is 1.53. The lowest BCUT2D eigenvalue weighted by molar-refractivity contribution is -0.133. The molecule has 18 heavy (non-hydrogen) atoms. The highest BCUT2D eigenvalue weighted by Gasteiger charge is 2.24. The van der Waals surface area contributed by atoms with Gasteiger partial charge in [0.15, 0.2) is 11.5 Å². The van der Waals surface area contributed by atoms with E-state index in [1.54, 1.807) is 0 Å². The number of ether oxygens (including phenoxy) is 1. The average molecular weight is 245 g/mol. The summed E-state index contributed by atoms with van der Waals surface area (Å²) in [6.45, 7) is 0.147. The van der Waals surface area contributed by atoms with Crippen molar-refractivity contribution >= 4 is 18.0 Å². The van der Waals surface area contributed by atoms with Gasteiger partial charge in [-0.15, -0.1) is 0 Å². The monoisotopic (exact) mass is 245 g/mol. The molecule has 0 radical (unpaired) electrons. The molecule has 1 N–H and O–H groups in total. The summed E-state index contributed by atoms with van der Waals surface area (Å²) < 4.78 is 5.29. The molecule has 0 bridgehead atoms. The number of nitrogens with zero attached hydrogens (tertiary/aromatic N) is 1. The minimum absolute atomic E-state index is 0.0703. The van der Waals surface area contributed by atoms with E-state index in [0.29, 0.717) is 0 Å². The van der Waals surface area contributed by atoms with Gasteiger partial charge in [-0.2, -0.15) is 0 Å². The van der Waals surface area contributed by atoms with E-state index in [1.165, 1.54) is 6.21 Å². The Morgan fingerprint density at radius 2 is 2.06 bits per heavy atom. The molecule has 0 amide bonds. The molecule has 5 nitrogen and oxygen atoms in total. The highest BCUT2D eigenvalue weighted by molar-refractivity contribution is 6.09. The van der Waals surface area contributed by atoms with Crippen LogP contribution in [0.15, 0.2) is 46.8 Å². The van der Waals surface area contributed by atoms with Crippen LogP contribution in [-0.2, 0) is 20.9 Å². The predicted octanol–water partition coefficient (Wildman–Crippen LogP) is 1.54. The van der Waals surface area contributed by atoms with Crippen LogP contribution < -0.4 is 0 Å². The van der Waals surface area contributed by atoms with Crippen LogP contribution in [0.2, 0.25) is 0 Å². The Bertz CT molecular complexity index is 531. The second kappa shape index (κ2) is 5.27. The van der Waals surface area contributed by atoms with Crippen LogP contribution in [0.25, 0.3) is 0 Å². The molecule has 1 aliphatic rings. The van der Waals surface area contributed by atoms with Crippen molar-refractivity contribution in [1.82, 2.24) is 0 Å². The Hall–Kier alpha value is -2.43. The molecule has 0 unspecified atom stereocenters. The summed E-state index contributed by atoms with van der Waals surface area (Å²) in [6.07, 6.45) is 1.35. The third-order valence-corrected chi connectivity index (χ3v) is 2.39. The number of carboxylic acids is 1. The molecule has 1 aromatic rings. The fraction of sp³-hybridized carbons (Fsp3) is 0.154. The molecule has 0 aromatic heterocycles. The van der Waals surface area contributed by atoms with Gasteiger partial charge in [-0.3, -0.25) is 4.79 Å². The fourth-order valence-corrected chi connectivity index (χ4v) is 1.53. The normalized spacial score (nSPS) is 14.8. The topological polar surface area (TPSA) is 76.0 Å². The van der Waals surface area contributed by atoms with Crippen molar-refractivity contribution in [2.45, 2.75) is 13.0 Å². The maximum Gasteiger partial charge on any atom is 0.358 e. The van der Waals surface area contributed by atoms with Gasteiger partial charge >= 0.3 is 5.97 Å². The first kappa shape index (κ1) is 12.0. The van der Waals surface area contributed by atoms with Crippen molar-refractivity contribution in [2.75, 3.05) is 0 Å². The molecule has 1 heterocycles. The molecule has 0 aliphatic carbocycles. The first-order valence-electron chi connectivity index (χ1n) is 5.38. The van der Waals surface area contributed by atoms with Gasteiger partial charge in [-0.05, 0) is 5.56 Å². The number of benzene rings is 1. The van der Waals surface area contributed by atoms with Crippen LogP contribution in [0, 0.1) is 0 Å². The first-order valence-corrected chi connectivity index (χ1v) is 5.38. The molecule has 1 aliphatic heterocycles. The number of ketones is 1. The number of carboxylic acid groups (broad SMARTS) is 1. The number of aliphatic carboxylic acids is 1. The van der Waals surface area contributed by atoms with Gasteiger partial charge in [-0.1, -0.05) is 30.3 Å². The van der Waals surface area contributed by atoms with E-state index in [9.17, 15) is 9.59 Å². The quantitative estimate of drug-likeness (QED) is 0.873. The lowest BCUT2D eigenvalue weighted by atomic mass is 10.1. The number of aliphatic imine (C=N–C) groups is 1. The van der Waals surface area contributed by atoms with Crippen LogP contribution in [0.3, 0.4) is 0 Å². The summed E-state index contributed by atoms with van der Waals surface area (Å²) in [5, 5.41) is 8.92. The number of Topliss-reactive ketones (excluding diaryl/α,β-unsaturated/α-hetero) is 1. The second-order valence-corrected chi connectivity index (χ2v) is 3.70. The van der Waals surface area contributed by atoms with Crippen LogP contribution in [0.5, 0.6) is 0 Å². The number of carbonyl (C=O) groups excluding carboxylic acids is 1. The van der Waals surface area contributed by atoms with Gasteiger partial charge in [0.1, 0.15) is 6.61 Å². The zero-order valence-corrected chi connectivity index (χ0v) is 9.50. The third-order valence-electron chi connectivity index (χ3n) is 2.39. The SMILES string of the molecule is O=C(O)C1=C(OCc2ccccc2)C(=O)CC=N1. The van der Waals surface area contributed by atoms with E-state index in [1.807, 2.05) is 30.3 Å². The molecule has 1 aromatic carbocycles. The smallest absolute Gasteiger partial charge is 0.358 e. The molecule has 2 rings (SSSR count). The van der Waals surface area contributed by atoms with Crippen molar-refractivity contribution in [2.24, 2.45) is 4.99 Å². The maximum absolute atomic E-state index is 11.6. The van der Waals surface area contributed by atoms with Gasteiger partial charge in [0.25, 0.3) is 0 Å². The van der Waals surface area contributed by atoms with Crippen molar-refractivity contribution in [3.8, 4) is 0 Å². The molecular weight excluding hydrogens is 234 g/mol. The molecule has 0 saturated heterocycles. The van der Waals surface area contributed by atoms with Gasteiger partial charge in [0, 0.05) is 12.6 Å². The van der Waals surface area contributed by atoms with Crippen LogP contribution in [0.4, 0.5) is 0 Å². The molecule has 0 atom stereocenters. The van der Waals surface area contributed by atoms with Crippen molar-refractivity contribution in [1.29, 1.82) is 0 Å². The molecule has 92 valence electrons. The van der Waals surface area contributed by atoms with Gasteiger partial charge < -0.3 is 9.84 Å². The largest absolute Gasteiger partial charge is 0.483 e. The highest BCUT2D eigenvalue weighted by atomic mass is 16.5. The highest BCUT2D eigenvalue weighted by Crippen LogP contribution is 2.17. The summed E-state index contributed by atoms with van der Waals surface area (Å²) in [5.74, 6) is -1.80. The Balaban J connectivity index is 2.17. The van der Waals surface area contributed by atoms with Crippen LogP contribution in [-0.4, -0.2) is 23.1 Å². The standard InChI is InChI=1S/C13H11NO4/c15-10-6-7-14-11(13(16)17)12(10)18-8-9-4-2-1-3-5-9/h1-5,7H,6,8H2,(H,16,17). The van der Waals surface area contributed by atoms with Gasteiger partial charge in [0.05, 0.1) is 0 Å².